The minimum Gasteiger partial charge on any atom is -0.354 e. The smallest absolute Gasteiger partial charge is 0.247 e. The summed E-state index contributed by atoms with van der Waals surface area (Å²) < 4.78 is 0. The highest BCUT2D eigenvalue weighted by atomic mass is 35.5. The maximum Gasteiger partial charge on any atom is 0.247 e. The number of aromatic nitrogens is 1. The maximum atomic E-state index is 13.3. The van der Waals surface area contributed by atoms with Crippen molar-refractivity contribution in [3.63, 3.8) is 0 Å². The van der Waals surface area contributed by atoms with Gasteiger partial charge in [0.15, 0.2) is 0 Å². The minimum atomic E-state index is -0.418. The first-order valence-electron chi connectivity index (χ1n) is 11.2. The Morgan fingerprint density at radius 1 is 1.23 bits per heavy atom. The van der Waals surface area contributed by atoms with Gasteiger partial charge in [-0.1, -0.05) is 37.6 Å². The van der Waals surface area contributed by atoms with E-state index in [9.17, 15) is 4.79 Å². The van der Waals surface area contributed by atoms with Gasteiger partial charge < -0.3 is 10.2 Å². The molecule has 1 aliphatic rings. The van der Waals surface area contributed by atoms with Crippen LogP contribution in [0.15, 0.2) is 53.8 Å². The van der Waals surface area contributed by atoms with E-state index in [2.05, 4.69) is 34.0 Å². The van der Waals surface area contributed by atoms with E-state index in [4.69, 9.17) is 11.6 Å². The summed E-state index contributed by atoms with van der Waals surface area (Å²) in [6, 6.07) is 11.1. The van der Waals surface area contributed by atoms with Gasteiger partial charge >= 0.3 is 0 Å². The summed E-state index contributed by atoms with van der Waals surface area (Å²) in [5.74, 6) is 1.24. The van der Waals surface area contributed by atoms with E-state index in [0.29, 0.717) is 23.4 Å². The molecule has 0 saturated heterocycles. The third kappa shape index (κ3) is 7.98. The molecule has 0 spiro atoms. The van der Waals surface area contributed by atoms with Crippen LogP contribution in [0, 0.1) is 11.8 Å². The molecule has 0 radical (unpaired) electrons. The lowest BCUT2D eigenvalue weighted by molar-refractivity contribution is -0.125. The number of amides is 1. The Bertz CT molecular complexity index is 834. The molecule has 166 valence electrons. The molecule has 0 unspecified atom stereocenters. The highest BCUT2D eigenvalue weighted by molar-refractivity contribution is 6.30. The summed E-state index contributed by atoms with van der Waals surface area (Å²) >= 11 is 6.11. The molecule has 1 aromatic heterocycles. The summed E-state index contributed by atoms with van der Waals surface area (Å²) in [5, 5.41) is 3.80. The summed E-state index contributed by atoms with van der Waals surface area (Å²) in [6.07, 6.45) is 9.69. The largest absolute Gasteiger partial charge is 0.354 e. The first-order valence-corrected chi connectivity index (χ1v) is 11.6. The summed E-state index contributed by atoms with van der Waals surface area (Å²) in [5.41, 5.74) is 2.09. The molecule has 1 heterocycles. The van der Waals surface area contributed by atoms with Gasteiger partial charge in [0, 0.05) is 37.1 Å². The fourth-order valence-corrected chi connectivity index (χ4v) is 3.55. The van der Waals surface area contributed by atoms with E-state index < -0.39 is 6.04 Å². The topological polar surface area (TPSA) is 57.6 Å². The van der Waals surface area contributed by atoms with Gasteiger partial charge in [-0.05, 0) is 72.9 Å². The molecule has 1 aliphatic carbocycles. The summed E-state index contributed by atoms with van der Waals surface area (Å²) in [6.45, 7) is 6.59. The van der Waals surface area contributed by atoms with Gasteiger partial charge in [-0.3, -0.25) is 14.8 Å². The van der Waals surface area contributed by atoms with Crippen LogP contribution in [0.1, 0.15) is 50.3 Å². The van der Waals surface area contributed by atoms with Crippen molar-refractivity contribution in [2.45, 2.75) is 45.6 Å². The molecule has 2 aromatic rings. The third-order valence-electron chi connectivity index (χ3n) is 5.46. The number of halogens is 1. The van der Waals surface area contributed by atoms with Crippen molar-refractivity contribution in [1.82, 2.24) is 15.2 Å². The van der Waals surface area contributed by atoms with Gasteiger partial charge in [0.1, 0.15) is 6.04 Å². The molecule has 6 heteroatoms. The number of nitrogens with zero attached hydrogens (tertiary/aromatic N) is 3. The predicted molar refractivity (Wildman–Crippen MR) is 127 cm³/mol. The molecular weight excluding hydrogens is 408 g/mol. The van der Waals surface area contributed by atoms with Gasteiger partial charge in [0.05, 0.1) is 6.34 Å². The Morgan fingerprint density at radius 3 is 2.58 bits per heavy atom. The van der Waals surface area contributed by atoms with Crippen molar-refractivity contribution in [2.24, 2.45) is 16.8 Å². The Morgan fingerprint density at radius 2 is 1.94 bits per heavy atom. The molecule has 1 aromatic carbocycles. The van der Waals surface area contributed by atoms with Crippen LogP contribution in [0.3, 0.4) is 0 Å². The fourth-order valence-electron chi connectivity index (χ4n) is 3.43. The van der Waals surface area contributed by atoms with Crippen LogP contribution >= 0.6 is 11.6 Å². The molecule has 31 heavy (non-hydrogen) atoms. The van der Waals surface area contributed by atoms with E-state index in [1.165, 1.54) is 12.8 Å². The molecule has 1 N–H and O–H groups in total. The number of rotatable bonds is 12. The van der Waals surface area contributed by atoms with Crippen LogP contribution in [-0.4, -0.2) is 41.8 Å². The lowest BCUT2D eigenvalue weighted by Gasteiger charge is -2.30. The van der Waals surface area contributed by atoms with Crippen molar-refractivity contribution >= 4 is 23.8 Å². The number of pyridine rings is 1. The van der Waals surface area contributed by atoms with E-state index >= 15 is 0 Å². The standard InChI is InChI=1S/C25H33ClN4O/c1-19(2)9-13-28-18-30(17-21-3-4-21)24(22-5-7-23(26)8-6-22)25(31)29-16-12-20-10-14-27-15-11-20/h5-8,10-11,14-15,18-19,21,24H,3-4,9,12-13,16-17H2,1-2H3,(H,29,31)/t24-/m0/s1. The normalized spacial score (nSPS) is 14.7. The predicted octanol–water partition coefficient (Wildman–Crippen LogP) is 4.92. The van der Waals surface area contributed by atoms with Crippen molar-refractivity contribution < 1.29 is 4.79 Å². The molecule has 1 amide bonds. The van der Waals surface area contributed by atoms with Crippen molar-refractivity contribution in [1.29, 1.82) is 0 Å². The Hall–Kier alpha value is -2.40. The first-order chi connectivity index (χ1) is 15.0. The fraction of sp³-hybridized carbons (Fsp3) is 0.480. The molecule has 1 saturated carbocycles. The Labute approximate surface area is 190 Å². The van der Waals surface area contributed by atoms with E-state index in [-0.39, 0.29) is 5.91 Å². The third-order valence-corrected chi connectivity index (χ3v) is 5.71. The second kappa shape index (κ2) is 11.8. The highest BCUT2D eigenvalue weighted by Crippen LogP contribution is 2.32. The molecule has 3 rings (SSSR count). The first kappa shape index (κ1) is 23.3. The molecular formula is C25H33ClN4O. The van der Waals surface area contributed by atoms with Gasteiger partial charge in [0.25, 0.3) is 0 Å². The number of carbonyl (C=O) groups is 1. The number of hydrogen-bond donors (Lipinski definition) is 1. The number of carbonyl (C=O) groups excluding carboxylic acids is 1. The van der Waals surface area contributed by atoms with Crippen LogP contribution < -0.4 is 5.32 Å². The average molecular weight is 441 g/mol. The zero-order chi connectivity index (χ0) is 22.1. The average Bonchev–Trinajstić information content (AvgIpc) is 3.57. The highest BCUT2D eigenvalue weighted by Gasteiger charge is 2.31. The second-order valence-corrected chi connectivity index (χ2v) is 9.13. The Kier molecular flexibility index (Phi) is 8.89. The number of aliphatic imine (C=N–C) groups is 1. The number of hydrogen-bond acceptors (Lipinski definition) is 3. The van der Waals surface area contributed by atoms with Gasteiger partial charge in [0.2, 0.25) is 5.91 Å². The van der Waals surface area contributed by atoms with Gasteiger partial charge in [-0.15, -0.1) is 0 Å². The monoisotopic (exact) mass is 440 g/mol. The van der Waals surface area contributed by atoms with Crippen LogP contribution in [0.25, 0.3) is 0 Å². The molecule has 0 aliphatic heterocycles. The van der Waals surface area contributed by atoms with Crippen molar-refractivity contribution in [3.8, 4) is 0 Å². The molecule has 5 nitrogen and oxygen atoms in total. The number of benzene rings is 1. The zero-order valence-corrected chi connectivity index (χ0v) is 19.3. The van der Waals surface area contributed by atoms with E-state index in [1.54, 1.807) is 12.4 Å². The summed E-state index contributed by atoms with van der Waals surface area (Å²) in [7, 11) is 0. The minimum absolute atomic E-state index is 0.00709. The molecule has 1 fully saturated rings. The van der Waals surface area contributed by atoms with Crippen molar-refractivity contribution in [2.75, 3.05) is 19.6 Å². The van der Waals surface area contributed by atoms with Crippen LogP contribution in [-0.2, 0) is 11.2 Å². The van der Waals surface area contributed by atoms with Gasteiger partial charge in [-0.25, -0.2) is 0 Å². The van der Waals surface area contributed by atoms with E-state index in [0.717, 1.165) is 37.1 Å². The Balaban J connectivity index is 1.73. The lowest BCUT2D eigenvalue weighted by Crippen LogP contribution is -2.41. The van der Waals surface area contributed by atoms with Crippen molar-refractivity contribution in [3.05, 3.63) is 64.9 Å². The second-order valence-electron chi connectivity index (χ2n) is 8.69. The SMILES string of the molecule is CC(C)CCN=CN(CC1CC1)[C@H](C(=O)NCCc1ccncc1)c1ccc(Cl)cc1. The molecule has 1 atom stereocenters. The van der Waals surface area contributed by atoms with E-state index in [1.807, 2.05) is 42.7 Å². The molecule has 0 bridgehead atoms. The van der Waals surface area contributed by atoms with Gasteiger partial charge in [-0.2, -0.15) is 0 Å². The maximum absolute atomic E-state index is 13.3. The van der Waals surface area contributed by atoms with Crippen LogP contribution in [0.5, 0.6) is 0 Å². The van der Waals surface area contributed by atoms with Crippen LogP contribution in [0.4, 0.5) is 0 Å². The quantitative estimate of drug-likeness (QED) is 0.376. The lowest BCUT2D eigenvalue weighted by atomic mass is 10.0. The number of nitrogens with one attached hydrogen (secondary N) is 1. The zero-order valence-electron chi connectivity index (χ0n) is 18.5. The summed E-state index contributed by atoms with van der Waals surface area (Å²) in [4.78, 5) is 24.2. The van der Waals surface area contributed by atoms with Crippen LogP contribution in [0.2, 0.25) is 5.02 Å².